The molecule has 5 N–H and O–H groups in total. The Morgan fingerprint density at radius 3 is 2.56 bits per heavy atom. The van der Waals surface area contributed by atoms with Crippen molar-refractivity contribution in [3.8, 4) is 11.1 Å². The predicted octanol–water partition coefficient (Wildman–Crippen LogP) is 5.30. The first kappa shape index (κ1) is 22.2. The Bertz CT molecular complexity index is 1330. The van der Waals surface area contributed by atoms with E-state index >= 15 is 0 Å². The molecule has 0 bridgehead atoms. The van der Waals surface area contributed by atoms with E-state index in [1.807, 2.05) is 6.07 Å². The van der Waals surface area contributed by atoms with Crippen molar-refractivity contribution in [2.75, 3.05) is 11.9 Å². The highest BCUT2D eigenvalue weighted by Crippen LogP contribution is 2.37. The van der Waals surface area contributed by atoms with Gasteiger partial charge >= 0.3 is 0 Å². The van der Waals surface area contributed by atoms with Crippen LogP contribution in [0.2, 0.25) is 0 Å². The third kappa shape index (κ3) is 4.19. The molecule has 34 heavy (non-hydrogen) atoms. The van der Waals surface area contributed by atoms with E-state index < -0.39 is 6.04 Å². The Balaban J connectivity index is 1.40. The smallest absolute Gasteiger partial charge is 0.237 e. The van der Waals surface area contributed by atoms with Gasteiger partial charge in [0.1, 0.15) is 0 Å². The fourth-order valence-electron chi connectivity index (χ4n) is 5.26. The van der Waals surface area contributed by atoms with Gasteiger partial charge in [-0.2, -0.15) is 0 Å². The largest absolute Gasteiger partial charge is 0.385 e. The molecule has 1 amide bonds. The molecule has 5 rings (SSSR count). The van der Waals surface area contributed by atoms with Crippen LogP contribution in [0, 0.1) is 20.8 Å². The maximum atomic E-state index is 13.2. The molecule has 1 aliphatic heterocycles. The van der Waals surface area contributed by atoms with E-state index in [9.17, 15) is 4.79 Å². The molecule has 3 aromatic carbocycles. The van der Waals surface area contributed by atoms with Crippen molar-refractivity contribution < 1.29 is 4.79 Å². The quantitative estimate of drug-likeness (QED) is 0.331. The van der Waals surface area contributed by atoms with Crippen LogP contribution in [0.15, 0.2) is 60.8 Å². The van der Waals surface area contributed by atoms with E-state index in [0.29, 0.717) is 6.42 Å². The number of carbonyl (C=O) groups excluding carboxylic acids is 1. The molecule has 0 radical (unpaired) electrons. The van der Waals surface area contributed by atoms with Crippen LogP contribution >= 0.6 is 0 Å². The van der Waals surface area contributed by atoms with Crippen LogP contribution in [0.1, 0.15) is 40.3 Å². The van der Waals surface area contributed by atoms with Gasteiger partial charge in [0.15, 0.2) is 0 Å². The molecule has 0 saturated heterocycles. The zero-order valence-electron chi connectivity index (χ0n) is 20.0. The van der Waals surface area contributed by atoms with E-state index in [4.69, 9.17) is 5.73 Å². The zero-order chi connectivity index (χ0) is 23.8. The molecule has 0 unspecified atom stereocenters. The van der Waals surface area contributed by atoms with Crippen LogP contribution in [-0.2, 0) is 11.2 Å². The van der Waals surface area contributed by atoms with Crippen LogP contribution in [0.5, 0.6) is 0 Å². The van der Waals surface area contributed by atoms with Gasteiger partial charge < -0.3 is 21.4 Å². The molecular formula is C29H32N4O. The van der Waals surface area contributed by atoms with Gasteiger partial charge in [-0.15, -0.1) is 0 Å². The minimum Gasteiger partial charge on any atom is -0.385 e. The monoisotopic (exact) mass is 452 g/mol. The summed E-state index contributed by atoms with van der Waals surface area (Å²) in [6.07, 6.45) is 3.42. The number of hydrogen-bond acceptors (Lipinski definition) is 3. The number of aromatic amines is 1. The SMILES string of the molecule is Cc1cc(C)c(C[C@H](N)C(=O)N[C@@H]2CCNc3cc4[nH]cc(-c5ccccc5)c4cc32)c(C)c1. The van der Waals surface area contributed by atoms with Gasteiger partial charge in [-0.1, -0.05) is 48.0 Å². The van der Waals surface area contributed by atoms with Gasteiger partial charge in [-0.25, -0.2) is 0 Å². The predicted molar refractivity (Wildman–Crippen MR) is 140 cm³/mol. The summed E-state index contributed by atoms with van der Waals surface area (Å²) in [6, 6.07) is 18.4. The molecular weight excluding hydrogens is 420 g/mol. The van der Waals surface area contributed by atoms with E-state index in [0.717, 1.165) is 40.7 Å². The average Bonchev–Trinajstić information content (AvgIpc) is 3.23. The maximum Gasteiger partial charge on any atom is 0.237 e. The number of nitrogens with two attached hydrogens (primary N) is 1. The first-order valence-corrected chi connectivity index (χ1v) is 12.0. The van der Waals surface area contributed by atoms with E-state index in [1.54, 1.807) is 0 Å². The number of H-pyrrole nitrogens is 1. The molecule has 5 nitrogen and oxygen atoms in total. The molecule has 2 heterocycles. The number of aryl methyl sites for hydroxylation is 3. The number of hydrogen-bond donors (Lipinski definition) is 4. The summed E-state index contributed by atoms with van der Waals surface area (Å²) in [5, 5.41) is 7.90. The number of benzene rings is 3. The molecule has 4 aromatic rings. The zero-order valence-corrected chi connectivity index (χ0v) is 20.0. The second kappa shape index (κ2) is 8.99. The van der Waals surface area contributed by atoms with Crippen molar-refractivity contribution in [3.05, 3.63) is 88.6 Å². The molecule has 174 valence electrons. The van der Waals surface area contributed by atoms with E-state index in [2.05, 4.69) is 91.1 Å². The van der Waals surface area contributed by atoms with Crippen molar-refractivity contribution in [1.29, 1.82) is 0 Å². The minimum atomic E-state index is -0.589. The van der Waals surface area contributed by atoms with Gasteiger partial charge in [0.05, 0.1) is 12.1 Å². The number of amides is 1. The number of anilines is 1. The average molecular weight is 453 g/mol. The van der Waals surface area contributed by atoms with Gasteiger partial charge in [0.25, 0.3) is 0 Å². The molecule has 2 atom stereocenters. The van der Waals surface area contributed by atoms with Gasteiger partial charge in [-0.3, -0.25) is 4.79 Å². The fourth-order valence-corrected chi connectivity index (χ4v) is 5.26. The topological polar surface area (TPSA) is 82.9 Å². The van der Waals surface area contributed by atoms with Crippen LogP contribution < -0.4 is 16.4 Å². The molecule has 0 spiro atoms. The first-order chi connectivity index (χ1) is 16.4. The normalized spacial score (nSPS) is 16.1. The lowest BCUT2D eigenvalue weighted by Crippen LogP contribution is -2.44. The third-order valence-electron chi connectivity index (χ3n) is 6.98. The Kier molecular flexibility index (Phi) is 5.88. The molecule has 0 saturated carbocycles. The number of fused-ring (bicyclic) bond motifs is 2. The van der Waals surface area contributed by atoms with Gasteiger partial charge in [-0.05, 0) is 73.6 Å². The maximum absolute atomic E-state index is 13.2. The summed E-state index contributed by atoms with van der Waals surface area (Å²) in [4.78, 5) is 16.6. The fraction of sp³-hybridized carbons (Fsp3) is 0.276. The van der Waals surface area contributed by atoms with E-state index in [-0.39, 0.29) is 11.9 Å². The Morgan fingerprint density at radius 1 is 1.09 bits per heavy atom. The summed E-state index contributed by atoms with van der Waals surface area (Å²) in [5.74, 6) is -0.102. The van der Waals surface area contributed by atoms with Crippen LogP contribution in [0.25, 0.3) is 22.0 Å². The summed E-state index contributed by atoms with van der Waals surface area (Å²) in [5.41, 5.74) is 16.8. The Morgan fingerprint density at radius 2 is 1.82 bits per heavy atom. The van der Waals surface area contributed by atoms with Crippen LogP contribution in [-0.4, -0.2) is 23.5 Å². The van der Waals surface area contributed by atoms with E-state index in [1.165, 1.54) is 27.8 Å². The second-order valence-corrected chi connectivity index (χ2v) is 9.52. The number of aromatic nitrogens is 1. The highest BCUT2D eigenvalue weighted by Gasteiger charge is 2.26. The number of rotatable bonds is 5. The van der Waals surface area contributed by atoms with Crippen molar-refractivity contribution in [1.82, 2.24) is 10.3 Å². The molecule has 5 heteroatoms. The molecule has 0 fully saturated rings. The van der Waals surface area contributed by atoms with Crippen molar-refractivity contribution in [2.45, 2.75) is 45.7 Å². The minimum absolute atomic E-state index is 0.0714. The molecule has 1 aliphatic rings. The van der Waals surface area contributed by atoms with Crippen molar-refractivity contribution in [2.24, 2.45) is 5.73 Å². The van der Waals surface area contributed by atoms with Crippen LogP contribution in [0.3, 0.4) is 0 Å². The van der Waals surface area contributed by atoms with Gasteiger partial charge in [0, 0.05) is 34.9 Å². The van der Waals surface area contributed by atoms with Crippen molar-refractivity contribution >= 4 is 22.5 Å². The summed E-state index contributed by atoms with van der Waals surface area (Å²) in [7, 11) is 0. The number of nitrogens with one attached hydrogen (secondary N) is 3. The first-order valence-electron chi connectivity index (χ1n) is 12.0. The lowest BCUT2D eigenvalue weighted by atomic mass is 9.92. The third-order valence-corrected chi connectivity index (χ3v) is 6.98. The van der Waals surface area contributed by atoms with Crippen LogP contribution in [0.4, 0.5) is 5.69 Å². The summed E-state index contributed by atoms with van der Waals surface area (Å²) in [6.45, 7) is 7.09. The summed E-state index contributed by atoms with van der Waals surface area (Å²) >= 11 is 0. The second-order valence-electron chi connectivity index (χ2n) is 9.52. The Labute approximate surface area is 200 Å². The highest BCUT2D eigenvalue weighted by atomic mass is 16.2. The van der Waals surface area contributed by atoms with Crippen molar-refractivity contribution in [3.63, 3.8) is 0 Å². The lowest BCUT2D eigenvalue weighted by Gasteiger charge is -2.29. The highest BCUT2D eigenvalue weighted by molar-refractivity contribution is 5.98. The molecule has 1 aromatic heterocycles. The molecule has 0 aliphatic carbocycles. The number of carbonyl (C=O) groups is 1. The Hall–Kier alpha value is -3.57. The van der Waals surface area contributed by atoms with Gasteiger partial charge in [0.2, 0.25) is 5.91 Å². The standard InChI is InChI=1S/C29H32N4O/c1-17-11-18(2)21(19(3)12-17)14-25(30)29(34)33-26-9-10-31-28-15-27-22(13-23(26)28)24(16-32-27)20-7-5-4-6-8-20/h4-8,11-13,15-16,25-26,31-32H,9-10,14,30H2,1-3H3,(H,33,34)/t25-,26+/m0/s1. The lowest BCUT2D eigenvalue weighted by molar-refractivity contribution is -0.123. The summed E-state index contributed by atoms with van der Waals surface area (Å²) < 4.78 is 0.